The van der Waals surface area contributed by atoms with Crippen molar-refractivity contribution in [2.45, 2.75) is 23.5 Å². The lowest BCUT2D eigenvalue weighted by molar-refractivity contribution is -0.00461. The quantitative estimate of drug-likeness (QED) is 0.740. The maximum absolute atomic E-state index is 12.6. The van der Waals surface area contributed by atoms with Gasteiger partial charge in [-0.15, -0.1) is 11.6 Å². The number of halogens is 1. The summed E-state index contributed by atoms with van der Waals surface area (Å²) in [6.45, 7) is 0.613. The average Bonchev–Trinajstić information content (AvgIpc) is 2.92. The lowest BCUT2D eigenvalue weighted by Crippen LogP contribution is -2.30. The molecule has 7 heteroatoms. The molecule has 1 aromatic rings. The van der Waals surface area contributed by atoms with Crippen molar-refractivity contribution in [1.82, 2.24) is 4.31 Å². The molecule has 0 aliphatic carbocycles. The summed E-state index contributed by atoms with van der Waals surface area (Å²) in [6, 6.07) is 6.85. The molecule has 2 rings (SSSR count). The first kappa shape index (κ1) is 16.7. The summed E-state index contributed by atoms with van der Waals surface area (Å²) < 4.78 is 37.2. The molecule has 0 radical (unpaired) electrons. The topological polar surface area (TPSA) is 55.8 Å². The Kier molecular flexibility index (Phi) is 5.62. The Morgan fingerprint density at radius 1 is 1.14 bits per heavy atom. The van der Waals surface area contributed by atoms with Crippen LogP contribution in [0.3, 0.4) is 0 Å². The number of benzene rings is 1. The lowest BCUT2D eigenvalue weighted by atomic mass is 10.2. The highest BCUT2D eigenvalue weighted by Crippen LogP contribution is 2.24. The van der Waals surface area contributed by atoms with Gasteiger partial charge in [-0.1, -0.05) is 12.1 Å². The van der Waals surface area contributed by atoms with Crippen LogP contribution in [0.15, 0.2) is 29.2 Å². The summed E-state index contributed by atoms with van der Waals surface area (Å²) in [6.07, 6.45) is 0.254. The molecule has 1 heterocycles. The van der Waals surface area contributed by atoms with Crippen molar-refractivity contribution in [3.63, 3.8) is 0 Å². The molecule has 0 amide bonds. The first-order valence-corrected chi connectivity index (χ1v) is 8.71. The van der Waals surface area contributed by atoms with Crippen LogP contribution in [0.25, 0.3) is 0 Å². The van der Waals surface area contributed by atoms with E-state index in [2.05, 4.69) is 0 Å². The van der Waals surface area contributed by atoms with Crippen molar-refractivity contribution >= 4 is 21.6 Å². The van der Waals surface area contributed by atoms with Gasteiger partial charge in [-0.3, -0.25) is 0 Å². The van der Waals surface area contributed by atoms with Gasteiger partial charge < -0.3 is 9.47 Å². The molecule has 0 N–H and O–H groups in total. The fraction of sp³-hybridized carbons (Fsp3) is 0.571. The molecule has 21 heavy (non-hydrogen) atoms. The van der Waals surface area contributed by atoms with Crippen LogP contribution in [0.2, 0.25) is 0 Å². The van der Waals surface area contributed by atoms with Gasteiger partial charge in [-0.05, 0) is 24.1 Å². The summed E-state index contributed by atoms with van der Waals surface area (Å²) in [5.41, 5.74) is 1.02. The van der Waals surface area contributed by atoms with Gasteiger partial charge in [0.05, 0.1) is 17.1 Å². The zero-order valence-corrected chi connectivity index (χ0v) is 13.7. The Bertz CT molecular complexity index is 549. The summed E-state index contributed by atoms with van der Waals surface area (Å²) in [4.78, 5) is 0.285. The minimum Gasteiger partial charge on any atom is -0.377 e. The normalized spacial score (nSPS) is 23.6. The van der Waals surface area contributed by atoms with E-state index in [0.717, 1.165) is 12.0 Å². The summed E-state index contributed by atoms with van der Waals surface area (Å²) in [5, 5.41) is 0. The Morgan fingerprint density at radius 2 is 1.67 bits per heavy atom. The standard InChI is InChI=1S/C14H20ClNO4S/c1-19-13-9-16(10-14(13)20-2)21(17,18)12-5-3-11(4-6-12)7-8-15/h3-6,13-14H,7-10H2,1-2H3. The molecule has 1 fully saturated rings. The van der Waals surface area contributed by atoms with Gasteiger partial charge in [-0.2, -0.15) is 4.31 Å². The Balaban J connectivity index is 2.18. The van der Waals surface area contributed by atoms with E-state index < -0.39 is 10.0 Å². The van der Waals surface area contributed by atoms with Gasteiger partial charge in [0.25, 0.3) is 0 Å². The van der Waals surface area contributed by atoms with Gasteiger partial charge >= 0.3 is 0 Å². The SMILES string of the molecule is COC1CN(S(=O)(=O)c2ccc(CCCl)cc2)CC1OC. The summed E-state index contributed by atoms with van der Waals surface area (Å²) in [7, 11) is -0.390. The molecule has 118 valence electrons. The molecule has 1 aliphatic rings. The second-order valence-electron chi connectivity index (χ2n) is 4.95. The smallest absolute Gasteiger partial charge is 0.243 e. The van der Waals surface area contributed by atoms with Crippen LogP contribution in [0, 0.1) is 0 Å². The minimum absolute atomic E-state index is 0.236. The molecule has 0 bridgehead atoms. The molecule has 1 aromatic carbocycles. The maximum Gasteiger partial charge on any atom is 0.243 e. The molecule has 5 nitrogen and oxygen atoms in total. The zero-order chi connectivity index (χ0) is 15.5. The van der Waals surface area contributed by atoms with Crippen molar-refractivity contribution in [3.8, 4) is 0 Å². The van der Waals surface area contributed by atoms with Crippen LogP contribution in [-0.2, 0) is 25.9 Å². The third-order valence-corrected chi connectivity index (χ3v) is 5.77. The minimum atomic E-state index is -3.52. The molecule has 0 spiro atoms. The van der Waals surface area contributed by atoms with Crippen molar-refractivity contribution in [3.05, 3.63) is 29.8 Å². The molecule has 2 atom stereocenters. The van der Waals surface area contributed by atoms with Crippen molar-refractivity contribution in [1.29, 1.82) is 0 Å². The van der Waals surface area contributed by atoms with Crippen LogP contribution < -0.4 is 0 Å². The second-order valence-corrected chi connectivity index (χ2v) is 7.27. The van der Waals surface area contributed by atoms with E-state index in [1.54, 1.807) is 38.5 Å². The van der Waals surface area contributed by atoms with E-state index in [-0.39, 0.29) is 17.1 Å². The lowest BCUT2D eigenvalue weighted by Gasteiger charge is -2.16. The van der Waals surface area contributed by atoms with Gasteiger partial charge in [-0.25, -0.2) is 8.42 Å². The van der Waals surface area contributed by atoms with E-state index in [1.807, 2.05) is 0 Å². The predicted molar refractivity (Wildman–Crippen MR) is 81.2 cm³/mol. The second kappa shape index (κ2) is 7.07. The van der Waals surface area contributed by atoms with E-state index in [9.17, 15) is 8.42 Å². The number of hydrogen-bond donors (Lipinski definition) is 0. The molecule has 0 aromatic heterocycles. The van der Waals surface area contributed by atoms with Gasteiger partial charge in [0, 0.05) is 33.2 Å². The van der Waals surface area contributed by atoms with Crippen molar-refractivity contribution < 1.29 is 17.9 Å². The highest BCUT2D eigenvalue weighted by Gasteiger charge is 2.39. The monoisotopic (exact) mass is 333 g/mol. The Morgan fingerprint density at radius 3 is 2.10 bits per heavy atom. The predicted octanol–water partition coefficient (Wildman–Crippen LogP) is 1.50. The number of ether oxygens (including phenoxy) is 2. The average molecular weight is 334 g/mol. The molecule has 0 saturated carbocycles. The number of hydrogen-bond acceptors (Lipinski definition) is 4. The van der Waals surface area contributed by atoms with Gasteiger partial charge in [0.1, 0.15) is 0 Å². The van der Waals surface area contributed by atoms with E-state index >= 15 is 0 Å². The number of nitrogens with zero attached hydrogens (tertiary/aromatic N) is 1. The number of alkyl halides is 1. The third kappa shape index (κ3) is 3.57. The first-order chi connectivity index (χ1) is 10.0. The summed E-state index contributed by atoms with van der Waals surface area (Å²) >= 11 is 5.68. The van der Waals surface area contributed by atoms with Crippen LogP contribution in [-0.4, -0.2) is 58.1 Å². The van der Waals surface area contributed by atoms with Crippen molar-refractivity contribution in [2.75, 3.05) is 33.2 Å². The fourth-order valence-corrected chi connectivity index (χ4v) is 4.13. The van der Waals surface area contributed by atoms with E-state index in [0.29, 0.717) is 19.0 Å². The first-order valence-electron chi connectivity index (χ1n) is 6.73. The maximum atomic E-state index is 12.6. The number of sulfonamides is 1. The number of methoxy groups -OCH3 is 2. The van der Waals surface area contributed by atoms with Crippen molar-refractivity contribution in [2.24, 2.45) is 0 Å². The fourth-order valence-electron chi connectivity index (χ4n) is 2.45. The number of rotatable bonds is 6. The Hall–Kier alpha value is -0.660. The molecule has 2 unspecified atom stereocenters. The highest BCUT2D eigenvalue weighted by molar-refractivity contribution is 7.89. The van der Waals surface area contributed by atoms with E-state index in [4.69, 9.17) is 21.1 Å². The van der Waals surface area contributed by atoms with Crippen LogP contribution >= 0.6 is 11.6 Å². The number of aryl methyl sites for hydroxylation is 1. The Labute approximate surface area is 130 Å². The molecular weight excluding hydrogens is 314 g/mol. The van der Waals surface area contributed by atoms with Gasteiger partial charge in [0.15, 0.2) is 0 Å². The summed E-state index contributed by atoms with van der Waals surface area (Å²) in [5.74, 6) is 0.517. The van der Waals surface area contributed by atoms with Crippen LogP contribution in [0.1, 0.15) is 5.56 Å². The third-order valence-electron chi connectivity index (χ3n) is 3.73. The highest BCUT2D eigenvalue weighted by atomic mass is 35.5. The molecular formula is C14H20ClNO4S. The molecule has 1 aliphatic heterocycles. The zero-order valence-electron chi connectivity index (χ0n) is 12.2. The van der Waals surface area contributed by atoms with Crippen LogP contribution in [0.4, 0.5) is 0 Å². The largest absolute Gasteiger partial charge is 0.377 e. The molecule has 1 saturated heterocycles. The van der Waals surface area contributed by atoms with Gasteiger partial charge in [0.2, 0.25) is 10.0 Å². The van der Waals surface area contributed by atoms with Crippen LogP contribution in [0.5, 0.6) is 0 Å². The van der Waals surface area contributed by atoms with E-state index in [1.165, 1.54) is 4.31 Å².